The van der Waals surface area contributed by atoms with Crippen molar-refractivity contribution in [1.29, 1.82) is 0 Å². The van der Waals surface area contributed by atoms with Crippen molar-refractivity contribution in [3.8, 4) is 0 Å². The molecule has 0 fully saturated rings. The molecule has 0 N–H and O–H groups in total. The second-order valence-corrected chi connectivity index (χ2v) is 7.97. The van der Waals surface area contributed by atoms with E-state index in [0.29, 0.717) is 12.1 Å². The molecule has 0 aliphatic carbocycles. The van der Waals surface area contributed by atoms with Crippen molar-refractivity contribution in [3.63, 3.8) is 0 Å². The van der Waals surface area contributed by atoms with Gasteiger partial charge >= 0.3 is 5.97 Å². The van der Waals surface area contributed by atoms with Gasteiger partial charge in [0.05, 0.1) is 18.4 Å². The number of aromatic nitrogens is 1. The molecule has 0 spiro atoms. The van der Waals surface area contributed by atoms with Crippen molar-refractivity contribution in [1.82, 2.24) is 4.57 Å². The first-order valence-electron chi connectivity index (χ1n) is 9.60. The van der Waals surface area contributed by atoms with E-state index < -0.39 is 0 Å². The van der Waals surface area contributed by atoms with Gasteiger partial charge in [-0.15, -0.1) is 0 Å². The Labute approximate surface area is 184 Å². The molecule has 0 aliphatic rings. The second kappa shape index (κ2) is 8.67. The van der Waals surface area contributed by atoms with E-state index >= 15 is 0 Å². The maximum atomic E-state index is 11.9. The highest BCUT2D eigenvalue weighted by molar-refractivity contribution is 9.10. The van der Waals surface area contributed by atoms with Crippen LogP contribution in [0.2, 0.25) is 0 Å². The SMILES string of the molecule is COC(=O)c1cccc(Cn2cc(C=Nc3ccc(Br)c(C)c3)c3ccccc32)c1. The van der Waals surface area contributed by atoms with Crippen LogP contribution < -0.4 is 0 Å². The van der Waals surface area contributed by atoms with Crippen LogP contribution in [0, 0.1) is 6.92 Å². The minimum Gasteiger partial charge on any atom is -0.465 e. The van der Waals surface area contributed by atoms with E-state index in [9.17, 15) is 4.79 Å². The van der Waals surface area contributed by atoms with E-state index in [1.807, 2.05) is 48.7 Å². The standard InChI is InChI=1S/C25H21BrN2O2/c1-17-12-21(10-11-23(17)26)27-14-20-16-28(24-9-4-3-8-22(20)24)15-18-6-5-7-19(13-18)25(29)30-2/h3-14,16H,15H2,1-2H3. The third-order valence-corrected chi connectivity index (χ3v) is 5.90. The van der Waals surface area contributed by atoms with Gasteiger partial charge in [0.15, 0.2) is 0 Å². The van der Waals surface area contributed by atoms with Gasteiger partial charge in [0, 0.05) is 39.9 Å². The number of para-hydroxylation sites is 1. The monoisotopic (exact) mass is 460 g/mol. The van der Waals surface area contributed by atoms with Crippen LogP contribution in [0.15, 0.2) is 82.4 Å². The van der Waals surface area contributed by atoms with Crippen LogP contribution in [-0.2, 0) is 11.3 Å². The lowest BCUT2D eigenvalue weighted by Crippen LogP contribution is -2.03. The molecule has 0 radical (unpaired) electrons. The molecule has 30 heavy (non-hydrogen) atoms. The summed E-state index contributed by atoms with van der Waals surface area (Å²) in [6.07, 6.45) is 4.01. The minimum absolute atomic E-state index is 0.327. The normalized spacial score (nSPS) is 11.3. The largest absolute Gasteiger partial charge is 0.465 e. The van der Waals surface area contributed by atoms with E-state index in [-0.39, 0.29) is 5.97 Å². The number of rotatable bonds is 5. The van der Waals surface area contributed by atoms with Crippen LogP contribution >= 0.6 is 15.9 Å². The Kier molecular flexibility index (Phi) is 5.81. The predicted octanol–water partition coefficient (Wildman–Crippen LogP) is 6.30. The number of aliphatic imine (C=N–C) groups is 1. The van der Waals surface area contributed by atoms with Crippen molar-refractivity contribution >= 4 is 44.7 Å². The van der Waals surface area contributed by atoms with Gasteiger partial charge in [0.1, 0.15) is 0 Å². The smallest absolute Gasteiger partial charge is 0.337 e. The Morgan fingerprint density at radius 2 is 1.93 bits per heavy atom. The summed E-state index contributed by atoms with van der Waals surface area (Å²) < 4.78 is 8.10. The molecule has 0 saturated carbocycles. The van der Waals surface area contributed by atoms with Gasteiger partial charge in [-0.2, -0.15) is 0 Å². The average Bonchev–Trinajstić information content (AvgIpc) is 3.11. The van der Waals surface area contributed by atoms with Gasteiger partial charge in [-0.3, -0.25) is 4.99 Å². The number of aryl methyl sites for hydroxylation is 1. The highest BCUT2D eigenvalue weighted by atomic mass is 79.9. The predicted molar refractivity (Wildman–Crippen MR) is 125 cm³/mol. The van der Waals surface area contributed by atoms with Gasteiger partial charge in [-0.25, -0.2) is 4.79 Å². The van der Waals surface area contributed by atoms with E-state index in [0.717, 1.165) is 37.8 Å². The van der Waals surface area contributed by atoms with Crippen LogP contribution in [0.25, 0.3) is 10.9 Å². The molecule has 0 amide bonds. The third kappa shape index (κ3) is 4.21. The summed E-state index contributed by atoms with van der Waals surface area (Å²) in [4.78, 5) is 16.5. The fourth-order valence-corrected chi connectivity index (χ4v) is 3.72. The van der Waals surface area contributed by atoms with Gasteiger partial charge in [0.25, 0.3) is 0 Å². The van der Waals surface area contributed by atoms with E-state index in [1.165, 1.54) is 7.11 Å². The number of esters is 1. The van der Waals surface area contributed by atoms with Gasteiger partial charge in [-0.1, -0.05) is 46.3 Å². The van der Waals surface area contributed by atoms with Crippen LogP contribution in [0.5, 0.6) is 0 Å². The molecule has 150 valence electrons. The lowest BCUT2D eigenvalue weighted by atomic mass is 10.1. The van der Waals surface area contributed by atoms with Gasteiger partial charge < -0.3 is 9.30 Å². The molecule has 5 heteroatoms. The van der Waals surface area contributed by atoms with Gasteiger partial charge in [0.2, 0.25) is 0 Å². The molecule has 0 atom stereocenters. The number of hydrogen-bond donors (Lipinski definition) is 0. The number of carbonyl (C=O) groups excluding carboxylic acids is 1. The molecule has 4 nitrogen and oxygen atoms in total. The molecule has 0 saturated heterocycles. The first kappa shape index (κ1) is 20.1. The van der Waals surface area contributed by atoms with Gasteiger partial charge in [-0.05, 0) is 54.4 Å². The highest BCUT2D eigenvalue weighted by Crippen LogP contribution is 2.24. The molecular weight excluding hydrogens is 440 g/mol. The maximum absolute atomic E-state index is 11.9. The third-order valence-electron chi connectivity index (χ3n) is 5.01. The van der Waals surface area contributed by atoms with Crippen molar-refractivity contribution in [2.45, 2.75) is 13.5 Å². The van der Waals surface area contributed by atoms with Crippen LogP contribution in [0.4, 0.5) is 5.69 Å². The Balaban J connectivity index is 1.68. The molecule has 1 heterocycles. The summed E-state index contributed by atoms with van der Waals surface area (Å²) in [6, 6.07) is 21.9. The first-order chi connectivity index (χ1) is 14.5. The lowest BCUT2D eigenvalue weighted by molar-refractivity contribution is 0.0600. The highest BCUT2D eigenvalue weighted by Gasteiger charge is 2.10. The topological polar surface area (TPSA) is 43.6 Å². The number of carbonyl (C=O) groups is 1. The number of nitrogens with zero attached hydrogens (tertiary/aromatic N) is 2. The Hall–Kier alpha value is -3.18. The van der Waals surface area contributed by atoms with Crippen LogP contribution in [-0.4, -0.2) is 23.9 Å². The zero-order valence-corrected chi connectivity index (χ0v) is 18.4. The summed E-state index contributed by atoms with van der Waals surface area (Å²) in [6.45, 7) is 2.70. The van der Waals surface area contributed by atoms with Crippen molar-refractivity contribution in [2.24, 2.45) is 4.99 Å². The molecule has 0 aliphatic heterocycles. The Bertz CT molecular complexity index is 1260. The first-order valence-corrected chi connectivity index (χ1v) is 10.4. The molecule has 4 aromatic rings. The number of halogens is 1. The zero-order valence-electron chi connectivity index (χ0n) is 16.8. The second-order valence-electron chi connectivity index (χ2n) is 7.11. The van der Waals surface area contributed by atoms with E-state index in [1.54, 1.807) is 6.07 Å². The molecule has 0 bridgehead atoms. The summed E-state index contributed by atoms with van der Waals surface area (Å²) in [7, 11) is 1.40. The minimum atomic E-state index is -0.327. The maximum Gasteiger partial charge on any atom is 0.337 e. The lowest BCUT2D eigenvalue weighted by Gasteiger charge is -2.07. The Morgan fingerprint density at radius 3 is 2.73 bits per heavy atom. The summed E-state index contributed by atoms with van der Waals surface area (Å²) in [5.74, 6) is -0.327. The number of methoxy groups -OCH3 is 1. The van der Waals surface area contributed by atoms with Crippen LogP contribution in [0.3, 0.4) is 0 Å². The molecular formula is C25H21BrN2O2. The van der Waals surface area contributed by atoms with Crippen molar-refractivity contribution in [3.05, 3.63) is 99.7 Å². The molecule has 1 aromatic heterocycles. The number of hydrogen-bond acceptors (Lipinski definition) is 3. The fourth-order valence-electron chi connectivity index (χ4n) is 3.47. The number of benzene rings is 3. The van der Waals surface area contributed by atoms with Crippen molar-refractivity contribution in [2.75, 3.05) is 7.11 Å². The quantitative estimate of drug-likeness (QED) is 0.259. The Morgan fingerprint density at radius 1 is 1.10 bits per heavy atom. The average molecular weight is 461 g/mol. The fraction of sp³-hybridized carbons (Fsp3) is 0.120. The summed E-state index contributed by atoms with van der Waals surface area (Å²) >= 11 is 3.53. The van der Waals surface area contributed by atoms with E-state index in [4.69, 9.17) is 4.74 Å². The zero-order chi connectivity index (χ0) is 21.1. The number of ether oxygens (including phenoxy) is 1. The van der Waals surface area contributed by atoms with E-state index in [2.05, 4.69) is 56.8 Å². The summed E-state index contributed by atoms with van der Waals surface area (Å²) in [5, 5.41) is 1.14. The van der Waals surface area contributed by atoms with Crippen LogP contribution in [0.1, 0.15) is 27.0 Å². The molecule has 3 aromatic carbocycles. The molecule has 0 unspecified atom stereocenters. The molecule has 4 rings (SSSR count). The number of fused-ring (bicyclic) bond motifs is 1. The van der Waals surface area contributed by atoms with Crippen molar-refractivity contribution < 1.29 is 9.53 Å². The summed E-state index contributed by atoms with van der Waals surface area (Å²) in [5.41, 5.74) is 5.82.